The van der Waals surface area contributed by atoms with Gasteiger partial charge in [0.05, 0.1) is 10.5 Å². The van der Waals surface area contributed by atoms with Crippen LogP contribution in [0.3, 0.4) is 0 Å². The van der Waals surface area contributed by atoms with E-state index in [0.29, 0.717) is 24.5 Å². The maximum absolute atomic E-state index is 13.0. The van der Waals surface area contributed by atoms with Crippen LogP contribution in [0.1, 0.15) is 66.7 Å². The van der Waals surface area contributed by atoms with Crippen molar-refractivity contribution in [1.82, 2.24) is 14.4 Å². The summed E-state index contributed by atoms with van der Waals surface area (Å²) < 4.78 is 37.7. The van der Waals surface area contributed by atoms with Crippen LogP contribution in [-0.2, 0) is 21.4 Å². The molecule has 1 aromatic carbocycles. The van der Waals surface area contributed by atoms with Gasteiger partial charge in [-0.3, -0.25) is 0 Å². The van der Waals surface area contributed by atoms with E-state index in [2.05, 4.69) is 10.1 Å². The summed E-state index contributed by atoms with van der Waals surface area (Å²) in [5.74, 6) is 0.203. The highest BCUT2D eigenvalue weighted by molar-refractivity contribution is 7.89. The van der Waals surface area contributed by atoms with Gasteiger partial charge in [0.25, 0.3) is 5.89 Å². The monoisotopic (exact) mass is 407 g/mol. The molecule has 1 fully saturated rings. The van der Waals surface area contributed by atoms with Gasteiger partial charge in [0.2, 0.25) is 10.0 Å². The number of nitrogens with zero attached hydrogens (tertiary/aromatic N) is 3. The van der Waals surface area contributed by atoms with Crippen molar-refractivity contribution in [2.45, 2.75) is 57.5 Å². The second kappa shape index (κ2) is 8.40. The number of aryl methyl sites for hydroxylation is 1. The molecule has 3 rings (SSSR count). The predicted octanol–water partition coefficient (Wildman–Crippen LogP) is 3.03. The molecule has 0 radical (unpaired) electrons. The highest BCUT2D eigenvalue weighted by atomic mass is 32.2. The summed E-state index contributed by atoms with van der Waals surface area (Å²) in [5, 5.41) is 3.81. The van der Waals surface area contributed by atoms with E-state index in [0.717, 1.165) is 19.3 Å². The van der Waals surface area contributed by atoms with Crippen molar-refractivity contribution < 1.29 is 22.5 Å². The number of esters is 1. The highest BCUT2D eigenvalue weighted by Gasteiger charge is 2.28. The molecule has 0 saturated carbocycles. The lowest BCUT2D eigenvalue weighted by Crippen LogP contribution is -2.36. The zero-order valence-electron chi connectivity index (χ0n) is 16.3. The molecule has 0 N–H and O–H groups in total. The van der Waals surface area contributed by atoms with Crippen LogP contribution in [0.2, 0.25) is 0 Å². The third-order valence-electron chi connectivity index (χ3n) is 4.68. The lowest BCUT2D eigenvalue weighted by molar-refractivity contribution is 0.0429. The molecule has 28 heavy (non-hydrogen) atoms. The molecule has 1 saturated heterocycles. The van der Waals surface area contributed by atoms with Crippen LogP contribution in [0.4, 0.5) is 0 Å². The number of piperidine rings is 1. The van der Waals surface area contributed by atoms with Crippen molar-refractivity contribution in [1.29, 1.82) is 0 Å². The van der Waals surface area contributed by atoms with E-state index in [1.807, 2.05) is 13.8 Å². The van der Waals surface area contributed by atoms with Gasteiger partial charge in [-0.15, -0.1) is 0 Å². The number of rotatable bonds is 6. The number of carbonyl (C=O) groups is 1. The number of ether oxygens (including phenoxy) is 1. The first-order chi connectivity index (χ1) is 13.3. The standard InChI is InChI=1S/C19H25N3O5S/c1-13(2)18-20-17(27-21-18)12-26-19(23)15-8-7-14(3)16(11-15)28(24,25)22-9-5-4-6-10-22/h7-8,11,13H,4-6,9-10,12H2,1-3H3. The first kappa shape index (κ1) is 20.5. The van der Waals surface area contributed by atoms with E-state index in [1.54, 1.807) is 19.1 Å². The fourth-order valence-corrected chi connectivity index (χ4v) is 4.79. The number of hydrogen-bond acceptors (Lipinski definition) is 7. The molecule has 0 aliphatic carbocycles. The zero-order chi connectivity index (χ0) is 20.3. The fourth-order valence-electron chi connectivity index (χ4n) is 3.02. The van der Waals surface area contributed by atoms with E-state index >= 15 is 0 Å². The summed E-state index contributed by atoms with van der Waals surface area (Å²) in [4.78, 5) is 16.7. The van der Waals surface area contributed by atoms with Crippen molar-refractivity contribution in [3.05, 3.63) is 41.0 Å². The summed E-state index contributed by atoms with van der Waals surface area (Å²) in [7, 11) is -3.64. The number of sulfonamides is 1. The fraction of sp³-hybridized carbons (Fsp3) is 0.526. The third-order valence-corrected chi connectivity index (χ3v) is 6.72. The minimum atomic E-state index is -3.64. The van der Waals surface area contributed by atoms with Gasteiger partial charge in [-0.2, -0.15) is 9.29 Å². The lowest BCUT2D eigenvalue weighted by Gasteiger charge is -2.26. The molecule has 0 bridgehead atoms. The maximum atomic E-state index is 13.0. The van der Waals surface area contributed by atoms with Gasteiger partial charge in [0, 0.05) is 19.0 Å². The Morgan fingerprint density at radius 1 is 1.25 bits per heavy atom. The first-order valence-electron chi connectivity index (χ1n) is 9.39. The minimum Gasteiger partial charge on any atom is -0.452 e. The Balaban J connectivity index is 1.75. The average Bonchev–Trinajstić information content (AvgIpc) is 3.16. The molecular formula is C19H25N3O5S. The molecule has 1 aliphatic rings. The molecule has 0 atom stereocenters. The van der Waals surface area contributed by atoms with E-state index in [9.17, 15) is 13.2 Å². The Kier molecular flexibility index (Phi) is 6.14. The van der Waals surface area contributed by atoms with Gasteiger partial charge in [-0.1, -0.05) is 31.5 Å². The minimum absolute atomic E-state index is 0.104. The number of benzene rings is 1. The van der Waals surface area contributed by atoms with Gasteiger partial charge in [-0.25, -0.2) is 13.2 Å². The molecule has 0 spiro atoms. The van der Waals surface area contributed by atoms with Gasteiger partial charge in [0.15, 0.2) is 12.4 Å². The number of hydrogen-bond donors (Lipinski definition) is 0. The first-order valence-corrected chi connectivity index (χ1v) is 10.8. The number of aromatic nitrogens is 2. The highest BCUT2D eigenvalue weighted by Crippen LogP contribution is 2.24. The maximum Gasteiger partial charge on any atom is 0.338 e. The summed E-state index contributed by atoms with van der Waals surface area (Å²) in [6.07, 6.45) is 2.73. The molecule has 8 nitrogen and oxygen atoms in total. The number of carbonyl (C=O) groups excluding carboxylic acids is 1. The SMILES string of the molecule is Cc1ccc(C(=O)OCc2nc(C(C)C)no2)cc1S(=O)(=O)N1CCCCC1. The van der Waals surface area contributed by atoms with Crippen LogP contribution in [0, 0.1) is 6.92 Å². The summed E-state index contributed by atoms with van der Waals surface area (Å²) >= 11 is 0. The molecule has 1 aromatic heterocycles. The van der Waals surface area contributed by atoms with Crippen molar-refractivity contribution in [3.8, 4) is 0 Å². The van der Waals surface area contributed by atoms with Crippen LogP contribution in [0.15, 0.2) is 27.6 Å². The zero-order valence-corrected chi connectivity index (χ0v) is 17.2. The van der Waals surface area contributed by atoms with E-state index in [1.165, 1.54) is 10.4 Å². The molecule has 152 valence electrons. The Morgan fingerprint density at radius 2 is 1.96 bits per heavy atom. The summed E-state index contributed by atoms with van der Waals surface area (Å²) in [6, 6.07) is 4.56. The van der Waals surface area contributed by atoms with E-state index in [-0.39, 0.29) is 28.9 Å². The Morgan fingerprint density at radius 3 is 2.61 bits per heavy atom. The molecular weight excluding hydrogens is 382 g/mol. The Bertz CT molecular complexity index is 946. The van der Waals surface area contributed by atoms with Crippen molar-refractivity contribution >= 4 is 16.0 Å². The van der Waals surface area contributed by atoms with Crippen molar-refractivity contribution in [2.24, 2.45) is 0 Å². The van der Waals surface area contributed by atoms with Gasteiger partial charge in [0.1, 0.15) is 0 Å². The molecule has 2 aromatic rings. The van der Waals surface area contributed by atoms with E-state index in [4.69, 9.17) is 9.26 Å². The molecule has 0 unspecified atom stereocenters. The van der Waals surface area contributed by atoms with Crippen LogP contribution in [0.25, 0.3) is 0 Å². The normalized spacial score (nSPS) is 15.7. The van der Waals surface area contributed by atoms with Crippen LogP contribution < -0.4 is 0 Å². The third kappa shape index (κ3) is 4.41. The summed E-state index contributed by atoms with van der Waals surface area (Å²) in [5.41, 5.74) is 0.769. The van der Waals surface area contributed by atoms with Gasteiger partial charge in [-0.05, 0) is 37.5 Å². The van der Waals surface area contributed by atoms with Crippen molar-refractivity contribution in [2.75, 3.05) is 13.1 Å². The quantitative estimate of drug-likeness (QED) is 0.678. The van der Waals surface area contributed by atoms with Crippen molar-refractivity contribution in [3.63, 3.8) is 0 Å². The molecule has 9 heteroatoms. The topological polar surface area (TPSA) is 103 Å². The summed E-state index contributed by atoms with van der Waals surface area (Å²) in [6.45, 7) is 6.42. The van der Waals surface area contributed by atoms with Gasteiger partial charge < -0.3 is 9.26 Å². The predicted molar refractivity (Wildman–Crippen MR) is 101 cm³/mol. The van der Waals surface area contributed by atoms with Crippen LogP contribution in [-0.4, -0.2) is 41.9 Å². The second-order valence-electron chi connectivity index (χ2n) is 7.22. The molecule has 0 amide bonds. The average molecular weight is 407 g/mol. The lowest BCUT2D eigenvalue weighted by atomic mass is 10.1. The second-order valence-corrected chi connectivity index (χ2v) is 9.13. The molecule has 2 heterocycles. The Hall–Kier alpha value is -2.26. The largest absolute Gasteiger partial charge is 0.452 e. The van der Waals surface area contributed by atoms with E-state index < -0.39 is 16.0 Å². The van der Waals surface area contributed by atoms with Crippen LogP contribution in [0.5, 0.6) is 0 Å². The smallest absolute Gasteiger partial charge is 0.338 e. The van der Waals surface area contributed by atoms with Crippen LogP contribution >= 0.6 is 0 Å². The van der Waals surface area contributed by atoms with Gasteiger partial charge >= 0.3 is 5.97 Å². The molecule has 1 aliphatic heterocycles. The Labute approximate surface area is 164 Å².